The minimum absolute atomic E-state index is 0.101. The van der Waals surface area contributed by atoms with Crippen molar-refractivity contribution in [1.29, 1.82) is 0 Å². The second kappa shape index (κ2) is 13.9. The largest absolute Gasteiger partial charge is 0.462 e. The Labute approximate surface area is 182 Å². The summed E-state index contributed by atoms with van der Waals surface area (Å²) in [6.07, 6.45) is 15.8. The summed E-state index contributed by atoms with van der Waals surface area (Å²) in [4.78, 5) is 20.9. The SMILES string of the molecule is CCCCCCCCc1cnc(-c2ccc(CC(C)OC(=O)CCCC)cc2)nc1. The van der Waals surface area contributed by atoms with Gasteiger partial charge in [0.15, 0.2) is 5.82 Å². The standard InChI is InChI=1S/C26H38N2O2/c1-4-6-8-9-10-11-12-23-19-27-26(28-20-23)24-16-14-22(15-17-24)18-21(3)30-25(29)13-7-5-2/h14-17,19-21H,4-13,18H2,1-3H3. The molecule has 1 unspecified atom stereocenters. The lowest BCUT2D eigenvalue weighted by Crippen LogP contribution is -2.17. The zero-order chi connectivity index (χ0) is 21.6. The molecule has 0 radical (unpaired) electrons. The minimum atomic E-state index is -0.113. The predicted octanol–water partition coefficient (Wildman–Crippen LogP) is 6.71. The molecule has 30 heavy (non-hydrogen) atoms. The Morgan fingerprint density at radius 1 is 0.867 bits per heavy atom. The molecule has 0 saturated carbocycles. The number of nitrogens with zero attached hydrogens (tertiary/aromatic N) is 2. The first-order valence-corrected chi connectivity index (χ1v) is 11.7. The fourth-order valence-corrected chi connectivity index (χ4v) is 3.51. The fraction of sp³-hybridized carbons (Fsp3) is 0.577. The summed E-state index contributed by atoms with van der Waals surface area (Å²) in [7, 11) is 0. The summed E-state index contributed by atoms with van der Waals surface area (Å²) in [6.45, 7) is 6.27. The van der Waals surface area contributed by atoms with E-state index in [1.54, 1.807) is 0 Å². The highest BCUT2D eigenvalue weighted by Crippen LogP contribution is 2.18. The van der Waals surface area contributed by atoms with E-state index in [9.17, 15) is 4.79 Å². The predicted molar refractivity (Wildman–Crippen MR) is 123 cm³/mol. The molecule has 164 valence electrons. The highest BCUT2D eigenvalue weighted by molar-refractivity contribution is 5.69. The van der Waals surface area contributed by atoms with Gasteiger partial charge in [0, 0.05) is 30.8 Å². The van der Waals surface area contributed by atoms with Gasteiger partial charge in [-0.1, -0.05) is 76.6 Å². The quantitative estimate of drug-likeness (QED) is 0.256. The smallest absolute Gasteiger partial charge is 0.306 e. The van der Waals surface area contributed by atoms with E-state index >= 15 is 0 Å². The van der Waals surface area contributed by atoms with E-state index in [2.05, 4.69) is 35.9 Å². The third kappa shape index (κ3) is 9.06. The van der Waals surface area contributed by atoms with Crippen molar-refractivity contribution in [1.82, 2.24) is 9.97 Å². The van der Waals surface area contributed by atoms with Crippen molar-refractivity contribution in [2.45, 2.75) is 97.5 Å². The van der Waals surface area contributed by atoms with E-state index in [1.807, 2.05) is 31.5 Å². The van der Waals surface area contributed by atoms with E-state index < -0.39 is 0 Å². The van der Waals surface area contributed by atoms with Crippen LogP contribution in [0.25, 0.3) is 11.4 Å². The average molecular weight is 411 g/mol. The Morgan fingerprint density at radius 3 is 2.17 bits per heavy atom. The number of unbranched alkanes of at least 4 members (excludes halogenated alkanes) is 6. The van der Waals surface area contributed by atoms with Gasteiger partial charge in [-0.05, 0) is 37.3 Å². The lowest BCUT2D eigenvalue weighted by molar-refractivity contribution is -0.148. The Kier molecular flexibility index (Phi) is 11.1. The van der Waals surface area contributed by atoms with Gasteiger partial charge in [-0.25, -0.2) is 9.97 Å². The number of aryl methyl sites for hydroxylation is 1. The van der Waals surface area contributed by atoms with Crippen LogP contribution >= 0.6 is 0 Å². The Hall–Kier alpha value is -2.23. The summed E-state index contributed by atoms with van der Waals surface area (Å²) in [5, 5.41) is 0. The number of carbonyl (C=O) groups is 1. The number of esters is 1. The first-order valence-electron chi connectivity index (χ1n) is 11.7. The van der Waals surface area contributed by atoms with Crippen molar-refractivity contribution in [2.24, 2.45) is 0 Å². The van der Waals surface area contributed by atoms with Crippen LogP contribution in [0, 0.1) is 0 Å². The monoisotopic (exact) mass is 410 g/mol. The summed E-state index contributed by atoms with van der Waals surface area (Å²) >= 11 is 0. The van der Waals surface area contributed by atoms with Gasteiger partial charge in [0.25, 0.3) is 0 Å². The van der Waals surface area contributed by atoms with E-state index in [0.29, 0.717) is 6.42 Å². The molecule has 0 amide bonds. The van der Waals surface area contributed by atoms with E-state index in [4.69, 9.17) is 4.74 Å². The van der Waals surface area contributed by atoms with Crippen LogP contribution in [0.1, 0.15) is 89.7 Å². The molecule has 1 aromatic heterocycles. The number of aromatic nitrogens is 2. The van der Waals surface area contributed by atoms with Gasteiger partial charge in [0.2, 0.25) is 0 Å². The fourth-order valence-electron chi connectivity index (χ4n) is 3.51. The first-order chi connectivity index (χ1) is 14.6. The zero-order valence-corrected chi connectivity index (χ0v) is 19.0. The van der Waals surface area contributed by atoms with Crippen molar-refractivity contribution in [3.05, 3.63) is 47.8 Å². The number of rotatable bonds is 14. The van der Waals surface area contributed by atoms with Gasteiger partial charge >= 0.3 is 5.97 Å². The molecule has 0 fully saturated rings. The van der Waals surface area contributed by atoms with Crippen LogP contribution in [-0.2, 0) is 22.4 Å². The number of carbonyl (C=O) groups excluding carboxylic acids is 1. The molecule has 0 saturated heterocycles. The molecule has 0 N–H and O–H groups in total. The molecule has 0 aliphatic heterocycles. The number of benzene rings is 1. The van der Waals surface area contributed by atoms with Gasteiger partial charge < -0.3 is 4.74 Å². The van der Waals surface area contributed by atoms with Crippen LogP contribution < -0.4 is 0 Å². The summed E-state index contributed by atoms with van der Waals surface area (Å²) < 4.78 is 5.48. The maximum atomic E-state index is 11.8. The normalized spacial score (nSPS) is 12.0. The van der Waals surface area contributed by atoms with Gasteiger partial charge in [-0.2, -0.15) is 0 Å². The number of hydrogen-bond donors (Lipinski definition) is 0. The molecule has 1 aromatic carbocycles. The molecule has 4 nitrogen and oxygen atoms in total. The summed E-state index contributed by atoms with van der Waals surface area (Å²) in [5.74, 6) is 0.655. The van der Waals surface area contributed by atoms with Gasteiger partial charge in [0.1, 0.15) is 6.10 Å². The third-order valence-corrected chi connectivity index (χ3v) is 5.33. The van der Waals surface area contributed by atoms with Gasteiger partial charge in [-0.15, -0.1) is 0 Å². The van der Waals surface area contributed by atoms with Crippen LogP contribution in [0.5, 0.6) is 0 Å². The number of hydrogen-bond acceptors (Lipinski definition) is 4. The molecule has 0 spiro atoms. The molecule has 4 heteroatoms. The zero-order valence-electron chi connectivity index (χ0n) is 19.0. The van der Waals surface area contributed by atoms with Crippen molar-refractivity contribution >= 4 is 5.97 Å². The summed E-state index contributed by atoms with van der Waals surface area (Å²) in [6, 6.07) is 8.23. The topological polar surface area (TPSA) is 52.1 Å². The van der Waals surface area contributed by atoms with Crippen LogP contribution in [-0.4, -0.2) is 22.0 Å². The highest BCUT2D eigenvalue weighted by Gasteiger charge is 2.10. The Balaban J connectivity index is 1.79. The first kappa shape index (κ1) is 24.0. The van der Waals surface area contributed by atoms with Crippen LogP contribution in [0.3, 0.4) is 0 Å². The molecule has 0 bridgehead atoms. The maximum Gasteiger partial charge on any atom is 0.306 e. The molecular weight excluding hydrogens is 372 g/mol. The van der Waals surface area contributed by atoms with Crippen LogP contribution in [0.2, 0.25) is 0 Å². The molecule has 2 aromatic rings. The molecule has 1 atom stereocenters. The second-order valence-corrected chi connectivity index (χ2v) is 8.24. The summed E-state index contributed by atoms with van der Waals surface area (Å²) in [5.41, 5.74) is 3.37. The minimum Gasteiger partial charge on any atom is -0.462 e. The lowest BCUT2D eigenvalue weighted by atomic mass is 10.1. The number of ether oxygens (including phenoxy) is 1. The van der Waals surface area contributed by atoms with Crippen LogP contribution in [0.4, 0.5) is 0 Å². The second-order valence-electron chi connectivity index (χ2n) is 8.24. The lowest BCUT2D eigenvalue weighted by Gasteiger charge is -2.13. The molecule has 1 heterocycles. The van der Waals surface area contributed by atoms with Gasteiger partial charge in [0.05, 0.1) is 0 Å². The molecular formula is C26H38N2O2. The van der Waals surface area contributed by atoms with Crippen molar-refractivity contribution in [3.63, 3.8) is 0 Å². The Morgan fingerprint density at radius 2 is 1.50 bits per heavy atom. The average Bonchev–Trinajstić information content (AvgIpc) is 2.75. The van der Waals surface area contributed by atoms with E-state index in [-0.39, 0.29) is 12.1 Å². The van der Waals surface area contributed by atoms with E-state index in [1.165, 1.54) is 44.1 Å². The maximum absolute atomic E-state index is 11.8. The van der Waals surface area contributed by atoms with Crippen LogP contribution in [0.15, 0.2) is 36.7 Å². The third-order valence-electron chi connectivity index (χ3n) is 5.33. The van der Waals surface area contributed by atoms with Crippen molar-refractivity contribution < 1.29 is 9.53 Å². The molecule has 0 aliphatic carbocycles. The van der Waals surface area contributed by atoms with Crippen molar-refractivity contribution in [3.8, 4) is 11.4 Å². The van der Waals surface area contributed by atoms with E-state index in [0.717, 1.165) is 42.6 Å². The molecule has 2 rings (SSSR count). The highest BCUT2D eigenvalue weighted by atomic mass is 16.5. The molecule has 0 aliphatic rings. The Bertz CT molecular complexity index is 726. The van der Waals surface area contributed by atoms with Crippen molar-refractivity contribution in [2.75, 3.05) is 0 Å². The van der Waals surface area contributed by atoms with Gasteiger partial charge in [-0.3, -0.25) is 4.79 Å².